The van der Waals surface area contributed by atoms with Crippen LogP contribution in [0.4, 0.5) is 24.5 Å². The van der Waals surface area contributed by atoms with Gasteiger partial charge in [0.05, 0.1) is 30.0 Å². The van der Waals surface area contributed by atoms with Crippen LogP contribution in [0.3, 0.4) is 0 Å². The lowest BCUT2D eigenvalue weighted by Crippen LogP contribution is -2.64. The summed E-state index contributed by atoms with van der Waals surface area (Å²) in [5, 5.41) is 13.1. The van der Waals surface area contributed by atoms with Crippen LogP contribution in [0.2, 0.25) is 0 Å². The van der Waals surface area contributed by atoms with Gasteiger partial charge in [0.25, 0.3) is 5.91 Å². The molecule has 0 radical (unpaired) electrons. The van der Waals surface area contributed by atoms with E-state index in [1.807, 2.05) is 0 Å². The number of carbonyl (C=O) groups is 1. The van der Waals surface area contributed by atoms with E-state index in [-0.39, 0.29) is 30.8 Å². The van der Waals surface area contributed by atoms with E-state index in [2.05, 4.69) is 15.3 Å². The van der Waals surface area contributed by atoms with Crippen LogP contribution >= 0.6 is 0 Å². The standard InChI is InChI=1S/C21H19F3N4O2/c1-12-2-5-16(15(23)8-12)27-19-13(3-4-14(22)18(19)24)20(29)28-10-21(30,11-28)9-17-25-6-7-26-17/h2-8,27,30H,9-11H2,1H3,(H,25,26). The van der Waals surface area contributed by atoms with Crippen LogP contribution in [0.15, 0.2) is 42.7 Å². The first kappa shape index (κ1) is 20.0. The summed E-state index contributed by atoms with van der Waals surface area (Å²) < 4.78 is 42.6. The van der Waals surface area contributed by atoms with Crippen molar-refractivity contribution in [3.63, 3.8) is 0 Å². The zero-order chi connectivity index (χ0) is 21.5. The predicted molar refractivity (Wildman–Crippen MR) is 104 cm³/mol. The maximum absolute atomic E-state index is 14.5. The van der Waals surface area contributed by atoms with E-state index in [4.69, 9.17) is 0 Å². The lowest BCUT2D eigenvalue weighted by Gasteiger charge is -2.46. The minimum Gasteiger partial charge on any atom is -0.386 e. The van der Waals surface area contributed by atoms with Gasteiger partial charge < -0.3 is 20.3 Å². The number of amides is 1. The first-order valence-corrected chi connectivity index (χ1v) is 9.27. The number of imidazole rings is 1. The highest BCUT2D eigenvalue weighted by Crippen LogP contribution is 2.32. The number of carbonyl (C=O) groups excluding carboxylic acids is 1. The number of likely N-dealkylation sites (tertiary alicyclic amines) is 1. The van der Waals surface area contributed by atoms with Crippen molar-refractivity contribution in [2.24, 2.45) is 0 Å². The molecule has 30 heavy (non-hydrogen) atoms. The highest BCUT2D eigenvalue weighted by Gasteiger charge is 2.45. The minimum atomic E-state index is -1.29. The van der Waals surface area contributed by atoms with Crippen LogP contribution < -0.4 is 5.32 Å². The van der Waals surface area contributed by atoms with Crippen LogP contribution in [0.25, 0.3) is 0 Å². The Morgan fingerprint density at radius 3 is 2.67 bits per heavy atom. The van der Waals surface area contributed by atoms with Crippen molar-refractivity contribution >= 4 is 17.3 Å². The molecule has 4 rings (SSSR count). The average Bonchev–Trinajstić information content (AvgIpc) is 3.17. The largest absolute Gasteiger partial charge is 0.386 e. The monoisotopic (exact) mass is 416 g/mol. The summed E-state index contributed by atoms with van der Waals surface area (Å²) in [5.74, 6) is -3.14. The fourth-order valence-corrected chi connectivity index (χ4v) is 3.50. The number of hydrogen-bond donors (Lipinski definition) is 3. The maximum atomic E-state index is 14.5. The second kappa shape index (κ2) is 7.49. The highest BCUT2D eigenvalue weighted by molar-refractivity contribution is 6.01. The number of aromatic nitrogens is 2. The summed E-state index contributed by atoms with van der Waals surface area (Å²) in [4.78, 5) is 21.1. The van der Waals surface area contributed by atoms with Gasteiger partial charge >= 0.3 is 0 Å². The second-order valence-corrected chi connectivity index (χ2v) is 7.49. The van der Waals surface area contributed by atoms with E-state index in [9.17, 15) is 23.1 Å². The number of H-pyrrole nitrogens is 1. The molecule has 1 aromatic heterocycles. The quantitative estimate of drug-likeness (QED) is 0.596. The maximum Gasteiger partial charge on any atom is 0.256 e. The van der Waals surface area contributed by atoms with Crippen LogP contribution in [-0.2, 0) is 6.42 Å². The third-order valence-corrected chi connectivity index (χ3v) is 5.02. The highest BCUT2D eigenvalue weighted by atomic mass is 19.2. The van der Waals surface area contributed by atoms with E-state index in [1.54, 1.807) is 25.4 Å². The molecule has 6 nitrogen and oxygen atoms in total. The number of aliphatic hydroxyl groups is 1. The molecule has 0 atom stereocenters. The van der Waals surface area contributed by atoms with Gasteiger partial charge in [-0.3, -0.25) is 4.79 Å². The first-order chi connectivity index (χ1) is 14.3. The van der Waals surface area contributed by atoms with Crippen molar-refractivity contribution < 1.29 is 23.1 Å². The molecule has 2 aromatic carbocycles. The van der Waals surface area contributed by atoms with Crippen LogP contribution in [-0.4, -0.2) is 44.6 Å². The average molecular weight is 416 g/mol. The van der Waals surface area contributed by atoms with Gasteiger partial charge in [-0.05, 0) is 36.8 Å². The van der Waals surface area contributed by atoms with Gasteiger partial charge in [0, 0.05) is 18.8 Å². The smallest absolute Gasteiger partial charge is 0.256 e. The van der Waals surface area contributed by atoms with Crippen molar-refractivity contribution in [2.75, 3.05) is 18.4 Å². The molecule has 1 aliphatic heterocycles. The summed E-state index contributed by atoms with van der Waals surface area (Å²) in [6, 6.07) is 6.21. The molecule has 0 unspecified atom stereocenters. The summed E-state index contributed by atoms with van der Waals surface area (Å²) in [5.41, 5.74) is -1.20. The number of β-amino-alcohol motifs (C(OH)–C–C–N with tert-alkyl or cyclic N) is 1. The molecule has 9 heteroatoms. The summed E-state index contributed by atoms with van der Waals surface area (Å²) in [6.07, 6.45) is 3.41. The van der Waals surface area contributed by atoms with E-state index in [1.165, 1.54) is 17.0 Å². The Labute approximate surface area is 170 Å². The van der Waals surface area contributed by atoms with Crippen LogP contribution in [0, 0.1) is 24.4 Å². The fraction of sp³-hybridized carbons (Fsp3) is 0.238. The molecule has 1 amide bonds. The van der Waals surface area contributed by atoms with Crippen molar-refractivity contribution in [2.45, 2.75) is 18.9 Å². The minimum absolute atomic E-state index is 0.00383. The Morgan fingerprint density at radius 2 is 2.00 bits per heavy atom. The first-order valence-electron chi connectivity index (χ1n) is 9.27. The van der Waals surface area contributed by atoms with E-state index < -0.39 is 34.6 Å². The molecule has 3 N–H and O–H groups in total. The topological polar surface area (TPSA) is 81.2 Å². The number of nitrogens with zero attached hydrogens (tertiary/aromatic N) is 2. The van der Waals surface area contributed by atoms with E-state index >= 15 is 0 Å². The summed E-state index contributed by atoms with van der Waals surface area (Å²) >= 11 is 0. The van der Waals surface area contributed by atoms with Crippen LogP contribution in [0.5, 0.6) is 0 Å². The van der Waals surface area contributed by atoms with Crippen molar-refractivity contribution in [3.8, 4) is 0 Å². The number of halogens is 3. The molecule has 0 aliphatic carbocycles. The molecule has 0 saturated carbocycles. The van der Waals surface area contributed by atoms with Gasteiger partial charge in [-0.1, -0.05) is 6.07 Å². The van der Waals surface area contributed by atoms with Gasteiger partial charge in [-0.2, -0.15) is 0 Å². The number of anilines is 2. The number of benzene rings is 2. The Kier molecular flexibility index (Phi) is 4.98. The van der Waals surface area contributed by atoms with Crippen molar-refractivity contribution in [3.05, 3.63) is 77.1 Å². The predicted octanol–water partition coefficient (Wildman–Crippen LogP) is 3.31. The zero-order valence-corrected chi connectivity index (χ0v) is 16.0. The van der Waals surface area contributed by atoms with Gasteiger partial charge in [-0.25, -0.2) is 18.2 Å². The summed E-state index contributed by atoms with van der Waals surface area (Å²) in [7, 11) is 0. The normalized spacial score (nSPS) is 15.0. The Hall–Kier alpha value is -3.33. The Bertz CT molecular complexity index is 1100. The Balaban J connectivity index is 1.57. The summed E-state index contributed by atoms with van der Waals surface area (Å²) in [6.45, 7) is 1.70. The third kappa shape index (κ3) is 3.76. The number of hydrogen-bond acceptors (Lipinski definition) is 4. The third-order valence-electron chi connectivity index (χ3n) is 5.02. The molecule has 0 spiro atoms. The Morgan fingerprint density at radius 1 is 1.23 bits per heavy atom. The van der Waals surface area contributed by atoms with E-state index in [0.717, 1.165) is 12.1 Å². The lowest BCUT2D eigenvalue weighted by molar-refractivity contribution is -0.0809. The number of aryl methyl sites for hydroxylation is 1. The SMILES string of the molecule is Cc1ccc(Nc2c(C(=O)N3CC(O)(Cc4ncc[nH]4)C3)ccc(F)c2F)c(F)c1. The lowest BCUT2D eigenvalue weighted by atomic mass is 9.89. The van der Waals surface area contributed by atoms with Gasteiger partial charge in [0.1, 0.15) is 17.2 Å². The fourth-order valence-electron chi connectivity index (χ4n) is 3.50. The molecule has 1 saturated heterocycles. The molecule has 0 bridgehead atoms. The number of nitrogens with one attached hydrogen (secondary N) is 2. The van der Waals surface area contributed by atoms with Crippen molar-refractivity contribution in [1.82, 2.24) is 14.9 Å². The second-order valence-electron chi connectivity index (χ2n) is 7.49. The molecule has 1 aliphatic rings. The van der Waals surface area contributed by atoms with Gasteiger partial charge in [0.15, 0.2) is 11.6 Å². The van der Waals surface area contributed by atoms with Crippen LogP contribution in [0.1, 0.15) is 21.7 Å². The molecular formula is C21H19F3N4O2. The molecule has 2 heterocycles. The zero-order valence-electron chi connectivity index (χ0n) is 16.0. The molecule has 156 valence electrons. The van der Waals surface area contributed by atoms with Crippen molar-refractivity contribution in [1.29, 1.82) is 0 Å². The molecule has 3 aromatic rings. The molecular weight excluding hydrogens is 397 g/mol. The van der Waals surface area contributed by atoms with Gasteiger partial charge in [0.2, 0.25) is 0 Å². The van der Waals surface area contributed by atoms with E-state index in [0.29, 0.717) is 11.4 Å². The van der Waals surface area contributed by atoms with Gasteiger partial charge in [-0.15, -0.1) is 0 Å². The number of rotatable bonds is 5. The molecule has 1 fully saturated rings. The number of aromatic amines is 1.